The predicted molar refractivity (Wildman–Crippen MR) is 101 cm³/mol. The van der Waals surface area contributed by atoms with Crippen LogP contribution in [0.15, 0.2) is 48.5 Å². The Kier molecular flexibility index (Phi) is 5.31. The van der Waals surface area contributed by atoms with Gasteiger partial charge in [-0.05, 0) is 43.7 Å². The van der Waals surface area contributed by atoms with Gasteiger partial charge in [0.15, 0.2) is 5.82 Å². The Hall–Kier alpha value is -3.15. The number of nitrogens with zero attached hydrogens (tertiary/aromatic N) is 3. The number of carbonyl (C=O) groups is 1. The molecular formula is C20H22N4O2. The van der Waals surface area contributed by atoms with Crippen molar-refractivity contribution in [3.05, 3.63) is 59.9 Å². The summed E-state index contributed by atoms with van der Waals surface area (Å²) in [5, 5.41) is 7.27. The molecule has 0 aliphatic carbocycles. The van der Waals surface area contributed by atoms with Crippen molar-refractivity contribution in [3.63, 3.8) is 0 Å². The fourth-order valence-corrected chi connectivity index (χ4v) is 2.60. The highest BCUT2D eigenvalue weighted by Crippen LogP contribution is 2.23. The molecule has 0 aliphatic heterocycles. The summed E-state index contributed by atoms with van der Waals surface area (Å²) in [6.45, 7) is 4.62. The Morgan fingerprint density at radius 3 is 2.62 bits per heavy atom. The van der Waals surface area contributed by atoms with E-state index in [-0.39, 0.29) is 11.7 Å². The summed E-state index contributed by atoms with van der Waals surface area (Å²) < 4.78 is 6.90. The van der Waals surface area contributed by atoms with E-state index in [2.05, 4.69) is 15.4 Å². The maximum absolute atomic E-state index is 12.3. The van der Waals surface area contributed by atoms with Gasteiger partial charge in [-0.15, -0.1) is 5.10 Å². The predicted octanol–water partition coefficient (Wildman–Crippen LogP) is 3.39. The van der Waals surface area contributed by atoms with Crippen LogP contribution in [0.25, 0.3) is 17.1 Å². The molecule has 2 aromatic carbocycles. The molecule has 1 heterocycles. The molecule has 6 heteroatoms. The molecule has 6 nitrogen and oxygen atoms in total. The normalized spacial score (nSPS) is 10.6. The number of rotatable bonds is 6. The number of nitrogens with one attached hydrogen (secondary N) is 1. The fraction of sp³-hybridized carbons (Fsp3) is 0.250. The van der Waals surface area contributed by atoms with Crippen molar-refractivity contribution in [3.8, 4) is 22.8 Å². The van der Waals surface area contributed by atoms with E-state index in [4.69, 9.17) is 4.74 Å². The van der Waals surface area contributed by atoms with E-state index in [1.165, 1.54) is 0 Å². The third-order valence-electron chi connectivity index (χ3n) is 3.94. The van der Waals surface area contributed by atoms with Crippen molar-refractivity contribution in [2.24, 2.45) is 0 Å². The number of benzene rings is 2. The minimum absolute atomic E-state index is 0.158. The van der Waals surface area contributed by atoms with Gasteiger partial charge in [0.2, 0.25) is 5.82 Å². The van der Waals surface area contributed by atoms with Crippen LogP contribution in [-0.2, 0) is 0 Å². The zero-order valence-electron chi connectivity index (χ0n) is 15.2. The molecule has 134 valence electrons. The molecule has 3 aromatic rings. The molecule has 0 fully saturated rings. The van der Waals surface area contributed by atoms with Crippen molar-refractivity contribution < 1.29 is 9.53 Å². The Morgan fingerprint density at radius 2 is 1.96 bits per heavy atom. The van der Waals surface area contributed by atoms with E-state index in [0.717, 1.165) is 29.0 Å². The lowest BCUT2D eigenvalue weighted by Gasteiger charge is -2.07. The van der Waals surface area contributed by atoms with Crippen molar-refractivity contribution in [1.29, 1.82) is 0 Å². The summed E-state index contributed by atoms with van der Waals surface area (Å²) in [6, 6.07) is 15.5. The SMILES string of the molecule is CCCNC(=O)c1nc(-c2cccc(C)c2)n(-c2ccc(OC)cc2)n1. The fourth-order valence-electron chi connectivity index (χ4n) is 2.60. The first kappa shape index (κ1) is 17.7. The summed E-state index contributed by atoms with van der Waals surface area (Å²) >= 11 is 0. The van der Waals surface area contributed by atoms with Gasteiger partial charge in [0.25, 0.3) is 5.91 Å². The second-order valence-electron chi connectivity index (χ2n) is 5.99. The highest BCUT2D eigenvalue weighted by molar-refractivity contribution is 5.91. The number of hydrogen-bond donors (Lipinski definition) is 1. The average Bonchev–Trinajstić information content (AvgIpc) is 3.11. The number of aromatic nitrogens is 3. The van der Waals surface area contributed by atoms with E-state index < -0.39 is 0 Å². The Bertz CT molecular complexity index is 900. The lowest BCUT2D eigenvalue weighted by atomic mass is 10.1. The van der Waals surface area contributed by atoms with Gasteiger partial charge < -0.3 is 10.1 Å². The molecule has 1 N–H and O–H groups in total. The van der Waals surface area contributed by atoms with Crippen LogP contribution in [-0.4, -0.2) is 34.3 Å². The highest BCUT2D eigenvalue weighted by Gasteiger charge is 2.18. The van der Waals surface area contributed by atoms with E-state index in [0.29, 0.717) is 12.4 Å². The van der Waals surface area contributed by atoms with Gasteiger partial charge in [-0.2, -0.15) is 0 Å². The molecule has 26 heavy (non-hydrogen) atoms. The van der Waals surface area contributed by atoms with Crippen molar-refractivity contribution in [2.45, 2.75) is 20.3 Å². The van der Waals surface area contributed by atoms with E-state index in [9.17, 15) is 4.79 Å². The Morgan fingerprint density at radius 1 is 1.19 bits per heavy atom. The third-order valence-corrected chi connectivity index (χ3v) is 3.94. The van der Waals surface area contributed by atoms with Gasteiger partial charge in [-0.1, -0.05) is 30.7 Å². The number of ether oxygens (including phenoxy) is 1. The van der Waals surface area contributed by atoms with Crippen molar-refractivity contribution in [2.75, 3.05) is 13.7 Å². The van der Waals surface area contributed by atoms with Crippen LogP contribution in [0.2, 0.25) is 0 Å². The molecule has 3 rings (SSSR count). The zero-order valence-corrected chi connectivity index (χ0v) is 15.2. The quantitative estimate of drug-likeness (QED) is 0.740. The lowest BCUT2D eigenvalue weighted by molar-refractivity contribution is 0.0943. The molecule has 0 saturated heterocycles. The molecular weight excluding hydrogens is 328 g/mol. The Labute approximate surface area is 152 Å². The van der Waals surface area contributed by atoms with Crippen molar-refractivity contribution in [1.82, 2.24) is 20.1 Å². The average molecular weight is 350 g/mol. The molecule has 0 radical (unpaired) electrons. The standard InChI is InChI=1S/C20H22N4O2/c1-4-12-21-20(25)18-22-19(15-7-5-6-14(2)13-15)24(23-18)16-8-10-17(26-3)11-9-16/h5-11,13H,4,12H2,1-3H3,(H,21,25). The van der Waals surface area contributed by atoms with Gasteiger partial charge in [-0.3, -0.25) is 4.79 Å². The molecule has 0 atom stereocenters. The second-order valence-corrected chi connectivity index (χ2v) is 5.99. The topological polar surface area (TPSA) is 69.0 Å². The van der Waals surface area contributed by atoms with Crippen LogP contribution in [0.3, 0.4) is 0 Å². The molecule has 0 saturated carbocycles. The first-order chi connectivity index (χ1) is 12.6. The summed E-state index contributed by atoms with van der Waals surface area (Å²) in [7, 11) is 1.62. The summed E-state index contributed by atoms with van der Waals surface area (Å²) in [6.07, 6.45) is 0.857. The highest BCUT2D eigenvalue weighted by atomic mass is 16.5. The van der Waals surface area contributed by atoms with Crippen molar-refractivity contribution >= 4 is 5.91 Å². The number of hydrogen-bond acceptors (Lipinski definition) is 4. The molecule has 0 unspecified atom stereocenters. The van der Waals surface area contributed by atoms with Gasteiger partial charge in [0.1, 0.15) is 5.75 Å². The van der Waals surface area contributed by atoms with E-state index in [1.807, 2.05) is 62.4 Å². The smallest absolute Gasteiger partial charge is 0.290 e. The van der Waals surface area contributed by atoms with Gasteiger partial charge in [0.05, 0.1) is 12.8 Å². The summed E-state index contributed by atoms with van der Waals surface area (Å²) in [4.78, 5) is 16.8. The van der Waals surface area contributed by atoms with Crippen LogP contribution >= 0.6 is 0 Å². The van der Waals surface area contributed by atoms with E-state index >= 15 is 0 Å². The first-order valence-electron chi connectivity index (χ1n) is 8.59. The monoisotopic (exact) mass is 350 g/mol. The van der Waals surface area contributed by atoms with Crippen LogP contribution < -0.4 is 10.1 Å². The van der Waals surface area contributed by atoms with Crippen LogP contribution in [0.5, 0.6) is 5.75 Å². The molecule has 1 aromatic heterocycles. The number of methoxy groups -OCH3 is 1. The van der Waals surface area contributed by atoms with Gasteiger partial charge >= 0.3 is 0 Å². The Balaban J connectivity index is 2.07. The minimum atomic E-state index is -0.270. The zero-order chi connectivity index (χ0) is 18.5. The number of carbonyl (C=O) groups excluding carboxylic acids is 1. The minimum Gasteiger partial charge on any atom is -0.497 e. The molecule has 1 amide bonds. The van der Waals surface area contributed by atoms with Crippen LogP contribution in [0.4, 0.5) is 0 Å². The van der Waals surface area contributed by atoms with E-state index in [1.54, 1.807) is 11.8 Å². The van der Waals surface area contributed by atoms with Gasteiger partial charge in [-0.25, -0.2) is 9.67 Å². The maximum atomic E-state index is 12.3. The first-order valence-corrected chi connectivity index (χ1v) is 8.59. The number of amides is 1. The van der Waals surface area contributed by atoms with Crippen LogP contribution in [0, 0.1) is 6.92 Å². The second kappa shape index (κ2) is 7.82. The lowest BCUT2D eigenvalue weighted by Crippen LogP contribution is -2.25. The van der Waals surface area contributed by atoms with Crippen LogP contribution in [0.1, 0.15) is 29.5 Å². The maximum Gasteiger partial charge on any atom is 0.290 e. The molecule has 0 bridgehead atoms. The largest absolute Gasteiger partial charge is 0.497 e. The number of aryl methyl sites for hydroxylation is 1. The molecule has 0 aliphatic rings. The summed E-state index contributed by atoms with van der Waals surface area (Å²) in [5.41, 5.74) is 2.83. The third kappa shape index (κ3) is 3.74. The van der Waals surface area contributed by atoms with Gasteiger partial charge in [0, 0.05) is 12.1 Å². The molecule has 0 spiro atoms. The summed E-state index contributed by atoms with van der Waals surface area (Å²) in [5.74, 6) is 1.27.